The van der Waals surface area contributed by atoms with Gasteiger partial charge in [0.15, 0.2) is 0 Å². The smallest absolute Gasteiger partial charge is 0.0693 e. The van der Waals surface area contributed by atoms with Crippen molar-refractivity contribution in [3.63, 3.8) is 0 Å². The van der Waals surface area contributed by atoms with Gasteiger partial charge in [-0.1, -0.05) is 0 Å². The lowest BCUT2D eigenvalue weighted by Crippen LogP contribution is -2.52. The van der Waals surface area contributed by atoms with E-state index in [4.69, 9.17) is 81.1 Å². The fraction of sp³-hybridized carbons (Fsp3) is 1.00. The van der Waals surface area contributed by atoms with Crippen LogP contribution >= 0.6 is 69.6 Å². The lowest BCUT2D eigenvalue weighted by atomic mass is 9.97. The van der Waals surface area contributed by atoms with Gasteiger partial charge in [-0.2, -0.15) is 0 Å². The van der Waals surface area contributed by atoms with Gasteiger partial charge in [0.05, 0.1) is 32.3 Å². The van der Waals surface area contributed by atoms with Crippen molar-refractivity contribution in [3.8, 4) is 0 Å². The summed E-state index contributed by atoms with van der Waals surface area (Å²) in [5.74, 6) is 0. The predicted octanol–water partition coefficient (Wildman–Crippen LogP) is 2.14. The second-order valence-corrected chi connectivity index (χ2v) is 7.02. The third-order valence-corrected chi connectivity index (χ3v) is 6.50. The summed E-state index contributed by atoms with van der Waals surface area (Å²) in [6.07, 6.45) is 0. The molecule has 0 aromatic carbocycles. The molecule has 5 N–H and O–H groups in total. The number of halogens is 6. The summed E-state index contributed by atoms with van der Waals surface area (Å²) in [6, 6.07) is 0. The quantitative estimate of drug-likeness (QED) is 0.506. The van der Waals surface area contributed by atoms with Crippen molar-refractivity contribution in [1.82, 2.24) is 5.32 Å². The summed E-state index contributed by atoms with van der Waals surface area (Å²) in [7, 11) is 0. The molecule has 1 aliphatic rings. The Balaban J connectivity index is 0.000000399. The first-order valence-corrected chi connectivity index (χ1v) is 8.45. The molecule has 0 spiro atoms. The van der Waals surface area contributed by atoms with Gasteiger partial charge < -0.3 is 16.8 Å². The van der Waals surface area contributed by atoms with Gasteiger partial charge in [0.1, 0.15) is 0 Å². The van der Waals surface area contributed by atoms with Crippen LogP contribution in [0.5, 0.6) is 0 Å². The van der Waals surface area contributed by atoms with Gasteiger partial charge in [-0.3, -0.25) is 0 Å². The maximum Gasteiger partial charge on any atom is 0.0693 e. The highest BCUT2D eigenvalue weighted by Crippen LogP contribution is 2.39. The summed E-state index contributed by atoms with van der Waals surface area (Å²) >= 11 is 35.3. The maximum absolute atomic E-state index is 5.88. The van der Waals surface area contributed by atoms with Crippen molar-refractivity contribution in [2.45, 2.75) is 32.3 Å². The molecule has 1 saturated carbocycles. The molecule has 0 amide bonds. The minimum absolute atomic E-state index is 0.437. The van der Waals surface area contributed by atoms with Crippen molar-refractivity contribution in [3.05, 3.63) is 0 Å². The van der Waals surface area contributed by atoms with Crippen molar-refractivity contribution in [1.29, 1.82) is 0 Å². The van der Waals surface area contributed by atoms with Crippen LogP contribution in [0.4, 0.5) is 0 Å². The van der Waals surface area contributed by atoms with Gasteiger partial charge in [-0.05, 0) is 0 Å². The zero-order valence-electron chi connectivity index (χ0n) is 10.2. The van der Waals surface area contributed by atoms with E-state index in [0.717, 1.165) is 13.1 Å². The van der Waals surface area contributed by atoms with Crippen LogP contribution in [0.2, 0.25) is 0 Å². The minimum Gasteiger partial charge on any atom is -0.329 e. The minimum atomic E-state index is -0.437. The lowest BCUT2D eigenvalue weighted by Gasteiger charge is -2.37. The van der Waals surface area contributed by atoms with Crippen LogP contribution in [-0.4, -0.2) is 58.4 Å². The molecule has 0 unspecified atom stereocenters. The van der Waals surface area contributed by atoms with Gasteiger partial charge in [-0.15, -0.1) is 69.6 Å². The molecule has 0 aromatic heterocycles. The van der Waals surface area contributed by atoms with E-state index in [9.17, 15) is 0 Å². The molecule has 3 nitrogen and oxygen atoms in total. The van der Waals surface area contributed by atoms with Crippen LogP contribution in [0.1, 0.15) is 0 Å². The van der Waals surface area contributed by atoms with E-state index < -0.39 is 32.3 Å². The largest absolute Gasteiger partial charge is 0.329 e. The third kappa shape index (κ3) is 6.94. The molecule has 0 aliphatic heterocycles. The highest BCUT2D eigenvalue weighted by molar-refractivity contribution is 6.45. The Morgan fingerprint density at radius 3 is 0.947 bits per heavy atom. The molecular weight excluding hydrogens is 375 g/mol. The third-order valence-electron chi connectivity index (χ3n) is 2.47. The molecule has 19 heavy (non-hydrogen) atoms. The zero-order chi connectivity index (χ0) is 15.0. The molecule has 0 heterocycles. The number of alkyl halides is 6. The van der Waals surface area contributed by atoms with Crippen LogP contribution in [0.15, 0.2) is 0 Å². The Hall–Kier alpha value is 1.62. The highest BCUT2D eigenvalue weighted by atomic mass is 35.5. The molecule has 0 saturated heterocycles. The van der Waals surface area contributed by atoms with Crippen LogP contribution in [0, 0.1) is 0 Å². The fourth-order valence-electron chi connectivity index (χ4n) is 1.38. The summed E-state index contributed by atoms with van der Waals surface area (Å²) in [6.45, 7) is 3.13. The molecule has 0 bridgehead atoms. The maximum atomic E-state index is 5.88. The normalized spacial score (nSPS) is 38.5. The SMILES string of the molecule is Cl[C@H]1[C@H](Cl)[C@@H](Cl)[C@@H](Cl)[C@H](Cl)[C@H]1Cl.NCCNCCN. The Morgan fingerprint density at radius 2 is 0.789 bits per heavy atom. The Bertz CT molecular complexity index is 173. The zero-order valence-corrected chi connectivity index (χ0v) is 14.8. The van der Waals surface area contributed by atoms with E-state index in [1.54, 1.807) is 0 Å². The number of nitrogens with two attached hydrogens (primary N) is 2. The number of nitrogens with one attached hydrogen (secondary N) is 1. The number of rotatable bonds is 4. The number of hydrogen-bond donors (Lipinski definition) is 3. The Labute approximate surface area is 144 Å². The fourth-order valence-corrected chi connectivity index (χ4v) is 3.71. The number of hydrogen-bond acceptors (Lipinski definition) is 3. The first-order chi connectivity index (χ1) is 8.88. The van der Waals surface area contributed by atoms with Gasteiger partial charge in [-0.25, -0.2) is 0 Å². The van der Waals surface area contributed by atoms with E-state index in [0.29, 0.717) is 13.1 Å². The topological polar surface area (TPSA) is 64.1 Å². The molecule has 9 heteroatoms. The predicted molar refractivity (Wildman–Crippen MR) is 88.8 cm³/mol. The first kappa shape index (κ1) is 20.6. The Kier molecular flexibility index (Phi) is 12.2. The standard InChI is InChI=1S/C6H6Cl6.C4H13N3/c7-1-2(8)4(10)6(12)5(11)3(1)9;5-1-3-7-4-2-6/h1-6H;7H,1-6H2/t1-,2-,3-,4+,5+,6+;. The lowest BCUT2D eigenvalue weighted by molar-refractivity contribution is 0.544. The summed E-state index contributed by atoms with van der Waals surface area (Å²) in [5.41, 5.74) is 10.3. The van der Waals surface area contributed by atoms with E-state index in [1.165, 1.54) is 0 Å². The molecule has 0 aromatic rings. The molecule has 116 valence electrons. The monoisotopic (exact) mass is 391 g/mol. The molecule has 1 aliphatic carbocycles. The van der Waals surface area contributed by atoms with Crippen molar-refractivity contribution in [2.24, 2.45) is 11.5 Å². The van der Waals surface area contributed by atoms with E-state index >= 15 is 0 Å². The average molecular weight is 394 g/mol. The summed E-state index contributed by atoms with van der Waals surface area (Å²) < 4.78 is 0. The molecule has 1 rings (SSSR count). The molecular formula is C10H19Cl6N3. The van der Waals surface area contributed by atoms with Crippen molar-refractivity contribution >= 4 is 69.6 Å². The van der Waals surface area contributed by atoms with Crippen LogP contribution in [-0.2, 0) is 0 Å². The van der Waals surface area contributed by atoms with Gasteiger partial charge in [0, 0.05) is 26.2 Å². The van der Waals surface area contributed by atoms with E-state index in [1.807, 2.05) is 0 Å². The second kappa shape index (κ2) is 11.2. The Morgan fingerprint density at radius 1 is 0.579 bits per heavy atom. The summed E-state index contributed by atoms with van der Waals surface area (Å²) in [4.78, 5) is 0. The molecule has 0 radical (unpaired) electrons. The van der Waals surface area contributed by atoms with Crippen LogP contribution < -0.4 is 16.8 Å². The van der Waals surface area contributed by atoms with Crippen molar-refractivity contribution < 1.29 is 0 Å². The van der Waals surface area contributed by atoms with Gasteiger partial charge >= 0.3 is 0 Å². The van der Waals surface area contributed by atoms with E-state index in [-0.39, 0.29) is 0 Å². The van der Waals surface area contributed by atoms with Gasteiger partial charge in [0.25, 0.3) is 0 Å². The highest BCUT2D eigenvalue weighted by Gasteiger charge is 2.46. The first-order valence-electron chi connectivity index (χ1n) is 5.83. The van der Waals surface area contributed by atoms with Crippen LogP contribution in [0.25, 0.3) is 0 Å². The van der Waals surface area contributed by atoms with Gasteiger partial charge in [0.2, 0.25) is 0 Å². The van der Waals surface area contributed by atoms with Crippen molar-refractivity contribution in [2.75, 3.05) is 26.2 Å². The summed E-state index contributed by atoms with van der Waals surface area (Å²) in [5, 5.41) is 0.414. The van der Waals surface area contributed by atoms with E-state index in [2.05, 4.69) is 5.32 Å². The average Bonchev–Trinajstić information content (AvgIpc) is 2.42. The second-order valence-electron chi connectivity index (χ2n) is 3.99. The molecule has 1 fully saturated rings. The molecule has 0 atom stereocenters. The van der Waals surface area contributed by atoms with Crippen LogP contribution in [0.3, 0.4) is 0 Å².